The third-order valence-corrected chi connectivity index (χ3v) is 6.37. The maximum Gasteiger partial charge on any atom is 0.0565 e. The van der Waals surface area contributed by atoms with Crippen LogP contribution in [0.1, 0.15) is 22.7 Å². The number of nitrogens with two attached hydrogens (primary N) is 1. The predicted molar refractivity (Wildman–Crippen MR) is 86.8 cm³/mol. The summed E-state index contributed by atoms with van der Waals surface area (Å²) in [4.78, 5) is 7.62. The lowest BCUT2D eigenvalue weighted by molar-refractivity contribution is 0.221. The molecule has 2 rings (SSSR count). The van der Waals surface area contributed by atoms with Crippen LogP contribution in [0.3, 0.4) is 0 Å². The molecule has 1 aliphatic rings. The lowest BCUT2D eigenvalue weighted by atomic mass is 10.1. The second-order valence-electron chi connectivity index (χ2n) is 5.77. The summed E-state index contributed by atoms with van der Waals surface area (Å²) in [7, 11) is 4.35. The van der Waals surface area contributed by atoms with E-state index in [9.17, 15) is 0 Å². The van der Waals surface area contributed by atoms with Gasteiger partial charge in [-0.1, -0.05) is 6.92 Å². The first kappa shape index (κ1) is 15.4. The molecule has 0 saturated carbocycles. The highest BCUT2D eigenvalue weighted by molar-refractivity contribution is 9.10. The number of rotatable bonds is 4. The van der Waals surface area contributed by atoms with Crippen LogP contribution in [0.4, 0.5) is 0 Å². The van der Waals surface area contributed by atoms with Gasteiger partial charge in [-0.15, -0.1) is 11.3 Å². The first-order valence-electron chi connectivity index (χ1n) is 6.80. The Balaban J connectivity index is 2.15. The van der Waals surface area contributed by atoms with Gasteiger partial charge in [-0.25, -0.2) is 0 Å². The molecule has 2 heterocycles. The molecule has 108 valence electrons. The lowest BCUT2D eigenvalue weighted by Gasteiger charge is -2.27. The Labute approximate surface area is 128 Å². The van der Waals surface area contributed by atoms with Crippen LogP contribution in [0.5, 0.6) is 0 Å². The third kappa shape index (κ3) is 3.22. The average Bonchev–Trinajstić information content (AvgIpc) is 2.85. The fourth-order valence-corrected chi connectivity index (χ4v) is 4.71. The van der Waals surface area contributed by atoms with E-state index in [1.165, 1.54) is 14.2 Å². The van der Waals surface area contributed by atoms with Gasteiger partial charge in [-0.3, -0.25) is 4.90 Å². The van der Waals surface area contributed by atoms with Gasteiger partial charge in [0.1, 0.15) is 0 Å². The Kier molecular flexibility index (Phi) is 5.06. The quantitative estimate of drug-likeness (QED) is 0.910. The number of nitrogens with zero attached hydrogens (tertiary/aromatic N) is 2. The number of halogens is 1. The summed E-state index contributed by atoms with van der Waals surface area (Å²) in [6.45, 7) is 7.44. The predicted octanol–water partition coefficient (Wildman–Crippen LogP) is 2.70. The van der Waals surface area contributed by atoms with Crippen molar-refractivity contribution in [1.29, 1.82) is 0 Å². The van der Waals surface area contributed by atoms with Crippen molar-refractivity contribution in [2.75, 3.05) is 33.7 Å². The first-order chi connectivity index (χ1) is 8.93. The molecule has 0 radical (unpaired) electrons. The Hall–Kier alpha value is 0.0600. The Morgan fingerprint density at radius 3 is 2.63 bits per heavy atom. The van der Waals surface area contributed by atoms with Crippen LogP contribution >= 0.6 is 27.3 Å². The van der Waals surface area contributed by atoms with E-state index in [0.717, 1.165) is 13.1 Å². The van der Waals surface area contributed by atoms with E-state index in [1.807, 2.05) is 11.3 Å². The molecule has 3 atom stereocenters. The zero-order chi connectivity index (χ0) is 14.2. The van der Waals surface area contributed by atoms with Crippen molar-refractivity contribution in [1.82, 2.24) is 9.80 Å². The highest BCUT2D eigenvalue weighted by atomic mass is 79.9. The number of likely N-dealkylation sites (tertiary alicyclic amines) is 1. The van der Waals surface area contributed by atoms with Gasteiger partial charge in [-0.05, 0) is 48.9 Å². The molecule has 0 amide bonds. The van der Waals surface area contributed by atoms with E-state index in [1.54, 1.807) is 0 Å². The molecule has 5 heteroatoms. The van der Waals surface area contributed by atoms with E-state index in [-0.39, 0.29) is 0 Å². The topological polar surface area (TPSA) is 32.5 Å². The summed E-state index contributed by atoms with van der Waals surface area (Å²) in [6.07, 6.45) is 0. The normalized spacial score (nSPS) is 26.3. The summed E-state index contributed by atoms with van der Waals surface area (Å²) < 4.78 is 1.21. The minimum absolute atomic E-state index is 0.363. The maximum absolute atomic E-state index is 6.05. The van der Waals surface area contributed by atoms with Crippen LogP contribution in [0.15, 0.2) is 10.5 Å². The molecule has 3 unspecified atom stereocenters. The molecule has 0 spiro atoms. The smallest absolute Gasteiger partial charge is 0.0565 e. The van der Waals surface area contributed by atoms with Gasteiger partial charge in [0, 0.05) is 39.9 Å². The molecule has 0 bridgehead atoms. The van der Waals surface area contributed by atoms with Gasteiger partial charge in [0.25, 0.3) is 0 Å². The van der Waals surface area contributed by atoms with Gasteiger partial charge in [0.2, 0.25) is 0 Å². The molecule has 0 aromatic carbocycles. The SMILES string of the molecule is Cc1sc(C(CN)N2CC(C)C(N(C)C)C2)cc1Br. The van der Waals surface area contributed by atoms with E-state index < -0.39 is 0 Å². The second kappa shape index (κ2) is 6.22. The fraction of sp³-hybridized carbons (Fsp3) is 0.714. The van der Waals surface area contributed by atoms with Crippen molar-refractivity contribution in [2.45, 2.75) is 25.9 Å². The number of hydrogen-bond acceptors (Lipinski definition) is 4. The number of hydrogen-bond donors (Lipinski definition) is 1. The number of aryl methyl sites for hydroxylation is 1. The van der Waals surface area contributed by atoms with Gasteiger partial charge in [-0.2, -0.15) is 0 Å². The zero-order valence-corrected chi connectivity index (χ0v) is 14.6. The van der Waals surface area contributed by atoms with Gasteiger partial charge in [0.15, 0.2) is 0 Å². The minimum atomic E-state index is 0.363. The Morgan fingerprint density at radius 1 is 1.53 bits per heavy atom. The minimum Gasteiger partial charge on any atom is -0.329 e. The summed E-state index contributed by atoms with van der Waals surface area (Å²) >= 11 is 5.47. The lowest BCUT2D eigenvalue weighted by Crippen LogP contribution is -2.36. The van der Waals surface area contributed by atoms with Gasteiger partial charge >= 0.3 is 0 Å². The molecule has 3 nitrogen and oxygen atoms in total. The molecular formula is C14H24BrN3S. The second-order valence-corrected chi connectivity index (χ2v) is 7.91. The molecule has 1 aliphatic heterocycles. The molecule has 0 aliphatic carbocycles. The van der Waals surface area contributed by atoms with Crippen LogP contribution in [0, 0.1) is 12.8 Å². The molecule has 1 aromatic heterocycles. The molecular weight excluding hydrogens is 322 g/mol. The largest absolute Gasteiger partial charge is 0.329 e. The van der Waals surface area contributed by atoms with Crippen LogP contribution in [0.25, 0.3) is 0 Å². The molecule has 1 aromatic rings. The van der Waals surface area contributed by atoms with Gasteiger partial charge < -0.3 is 10.6 Å². The van der Waals surface area contributed by atoms with Crippen molar-refractivity contribution >= 4 is 27.3 Å². The Morgan fingerprint density at radius 2 is 2.21 bits per heavy atom. The van der Waals surface area contributed by atoms with Crippen molar-refractivity contribution in [3.8, 4) is 0 Å². The van der Waals surface area contributed by atoms with Crippen LogP contribution in [0.2, 0.25) is 0 Å². The summed E-state index contributed by atoms with van der Waals surface area (Å²) in [6, 6.07) is 3.24. The van der Waals surface area contributed by atoms with E-state index >= 15 is 0 Å². The van der Waals surface area contributed by atoms with Gasteiger partial charge in [0.05, 0.1) is 6.04 Å². The van der Waals surface area contributed by atoms with Crippen LogP contribution in [-0.4, -0.2) is 49.6 Å². The van der Waals surface area contributed by atoms with E-state index in [0.29, 0.717) is 24.5 Å². The fourth-order valence-electron chi connectivity index (χ4n) is 3.00. The standard InChI is InChI=1S/C14H24BrN3S/c1-9-7-18(8-13(9)17(3)4)12(6-16)14-5-11(15)10(2)19-14/h5,9,12-13H,6-8,16H2,1-4H3. The summed E-state index contributed by atoms with van der Waals surface area (Å²) in [5.74, 6) is 0.702. The summed E-state index contributed by atoms with van der Waals surface area (Å²) in [5, 5.41) is 0. The molecule has 1 saturated heterocycles. The van der Waals surface area contributed by atoms with Crippen molar-refractivity contribution in [3.05, 3.63) is 20.3 Å². The molecule has 2 N–H and O–H groups in total. The van der Waals surface area contributed by atoms with Crippen molar-refractivity contribution in [3.63, 3.8) is 0 Å². The monoisotopic (exact) mass is 345 g/mol. The maximum atomic E-state index is 6.05. The van der Waals surface area contributed by atoms with E-state index in [4.69, 9.17) is 5.73 Å². The number of likely N-dealkylation sites (N-methyl/N-ethyl adjacent to an activating group) is 1. The Bertz CT molecular complexity index is 413. The third-order valence-electron chi connectivity index (χ3n) is 4.13. The highest BCUT2D eigenvalue weighted by Crippen LogP contribution is 2.35. The molecule has 19 heavy (non-hydrogen) atoms. The number of thiophene rings is 1. The van der Waals surface area contributed by atoms with E-state index in [2.05, 4.69) is 59.7 Å². The first-order valence-corrected chi connectivity index (χ1v) is 8.41. The van der Waals surface area contributed by atoms with Crippen LogP contribution < -0.4 is 5.73 Å². The highest BCUT2D eigenvalue weighted by Gasteiger charge is 2.35. The van der Waals surface area contributed by atoms with Crippen LogP contribution in [-0.2, 0) is 0 Å². The van der Waals surface area contributed by atoms with Crippen molar-refractivity contribution < 1.29 is 0 Å². The zero-order valence-electron chi connectivity index (χ0n) is 12.2. The van der Waals surface area contributed by atoms with Crippen molar-refractivity contribution in [2.24, 2.45) is 11.7 Å². The average molecular weight is 346 g/mol. The molecule has 1 fully saturated rings. The summed E-state index contributed by atoms with van der Waals surface area (Å²) in [5.41, 5.74) is 6.05.